The van der Waals surface area contributed by atoms with Crippen molar-refractivity contribution in [2.24, 2.45) is 0 Å². The maximum absolute atomic E-state index is 13.5. The number of ether oxygens (including phenoxy) is 1. The number of aryl methyl sites for hydroxylation is 1. The average Bonchev–Trinajstić information content (AvgIpc) is 3.27. The summed E-state index contributed by atoms with van der Waals surface area (Å²) in [7, 11) is 0. The van der Waals surface area contributed by atoms with E-state index in [-0.39, 0.29) is 18.2 Å². The van der Waals surface area contributed by atoms with Crippen molar-refractivity contribution in [3.8, 4) is 0 Å². The summed E-state index contributed by atoms with van der Waals surface area (Å²) in [5, 5.41) is 0.792. The molecule has 5 rings (SSSR count). The first kappa shape index (κ1) is 18.9. The van der Waals surface area contributed by atoms with Crippen molar-refractivity contribution >= 4 is 23.5 Å². The molecule has 1 amide bonds. The number of anilines is 1. The van der Waals surface area contributed by atoms with Gasteiger partial charge in [-0.05, 0) is 31.6 Å². The van der Waals surface area contributed by atoms with Gasteiger partial charge in [0.1, 0.15) is 12.0 Å². The monoisotopic (exact) mass is 410 g/mol. The second kappa shape index (κ2) is 7.29. The van der Waals surface area contributed by atoms with E-state index >= 15 is 0 Å². The lowest BCUT2D eigenvalue weighted by Gasteiger charge is -2.38. The van der Waals surface area contributed by atoms with Crippen LogP contribution < -0.4 is 4.90 Å². The fraction of sp³-hybridized carbons (Fsp3) is 0.500. The van der Waals surface area contributed by atoms with Gasteiger partial charge in [-0.2, -0.15) is 0 Å². The van der Waals surface area contributed by atoms with E-state index in [9.17, 15) is 4.79 Å². The molecule has 3 fully saturated rings. The van der Waals surface area contributed by atoms with Gasteiger partial charge in [0.25, 0.3) is 5.91 Å². The number of rotatable bonds is 3. The number of aromatic nitrogens is 2. The van der Waals surface area contributed by atoms with Crippen LogP contribution in [-0.4, -0.2) is 51.9 Å². The quantitative estimate of drug-likeness (QED) is 0.570. The second-order valence-corrected chi connectivity index (χ2v) is 8.90. The first-order valence-electron chi connectivity index (χ1n) is 10.3. The highest BCUT2D eigenvalue weighted by Gasteiger charge is 2.57. The van der Waals surface area contributed by atoms with Crippen molar-refractivity contribution in [1.29, 1.82) is 0 Å². The molecule has 2 unspecified atom stereocenters. The zero-order valence-corrected chi connectivity index (χ0v) is 17.7. The van der Waals surface area contributed by atoms with Crippen LogP contribution in [0.15, 0.2) is 41.6 Å². The van der Waals surface area contributed by atoms with Gasteiger partial charge < -0.3 is 14.5 Å². The van der Waals surface area contributed by atoms with Crippen molar-refractivity contribution < 1.29 is 9.53 Å². The molecule has 0 saturated carbocycles. The summed E-state index contributed by atoms with van der Waals surface area (Å²) in [6.07, 6.45) is 5.21. The first-order chi connectivity index (χ1) is 14.1. The highest BCUT2D eigenvalue weighted by Crippen LogP contribution is 2.47. The number of nitrogens with zero attached hydrogens (tertiary/aromatic N) is 4. The van der Waals surface area contributed by atoms with Crippen LogP contribution in [0, 0.1) is 6.92 Å². The van der Waals surface area contributed by atoms with Crippen molar-refractivity contribution in [1.82, 2.24) is 14.9 Å². The lowest BCUT2D eigenvalue weighted by atomic mass is 9.89. The molecule has 3 aliphatic heterocycles. The zero-order valence-electron chi connectivity index (χ0n) is 16.9. The Morgan fingerprint density at radius 3 is 2.62 bits per heavy atom. The maximum atomic E-state index is 13.5. The Hall–Kier alpha value is -2.12. The Bertz CT molecular complexity index is 914. The topological polar surface area (TPSA) is 58.6 Å². The van der Waals surface area contributed by atoms with E-state index in [1.165, 1.54) is 5.56 Å². The van der Waals surface area contributed by atoms with Gasteiger partial charge in [0.05, 0.1) is 6.04 Å². The molecule has 2 aromatic rings. The molecule has 152 valence electrons. The molecular weight excluding hydrogens is 384 g/mol. The molecule has 2 atom stereocenters. The highest BCUT2D eigenvalue weighted by atomic mass is 32.2. The highest BCUT2D eigenvalue weighted by molar-refractivity contribution is 7.98. The molecule has 3 aliphatic rings. The number of piperidine rings is 1. The van der Waals surface area contributed by atoms with E-state index in [1.54, 1.807) is 11.8 Å². The minimum absolute atomic E-state index is 0.0800. The minimum Gasteiger partial charge on any atom is -0.356 e. The fourth-order valence-electron chi connectivity index (χ4n) is 4.92. The fourth-order valence-corrected chi connectivity index (χ4v) is 5.34. The number of benzene rings is 1. The number of carbonyl (C=O) groups is 1. The first-order valence-corrected chi connectivity index (χ1v) is 11.5. The molecular formula is C22H26N4O2S. The molecule has 6 nitrogen and oxygen atoms in total. The van der Waals surface area contributed by atoms with E-state index in [0.29, 0.717) is 12.8 Å². The Morgan fingerprint density at radius 2 is 1.90 bits per heavy atom. The Labute approximate surface area is 175 Å². The number of fused-ring (bicyclic) bond motifs is 1. The molecule has 4 heterocycles. The average molecular weight is 411 g/mol. The van der Waals surface area contributed by atoms with Crippen molar-refractivity contribution in [2.75, 3.05) is 24.2 Å². The third-order valence-electron chi connectivity index (χ3n) is 6.40. The number of thioether (sulfide) groups is 1. The number of hydrogen-bond donors (Lipinski definition) is 0. The van der Waals surface area contributed by atoms with Crippen LogP contribution in [0.2, 0.25) is 0 Å². The van der Waals surface area contributed by atoms with Gasteiger partial charge in [-0.25, -0.2) is 9.97 Å². The molecule has 0 radical (unpaired) electrons. The van der Waals surface area contributed by atoms with Crippen LogP contribution >= 0.6 is 11.8 Å². The van der Waals surface area contributed by atoms with Crippen molar-refractivity contribution in [3.63, 3.8) is 0 Å². The van der Waals surface area contributed by atoms with Crippen LogP contribution in [0.25, 0.3) is 0 Å². The second-order valence-electron chi connectivity index (χ2n) is 8.12. The molecule has 7 heteroatoms. The van der Waals surface area contributed by atoms with E-state index < -0.39 is 5.60 Å². The van der Waals surface area contributed by atoms with Crippen molar-refractivity contribution in [2.45, 2.75) is 55.6 Å². The summed E-state index contributed by atoms with van der Waals surface area (Å²) in [4.78, 5) is 26.9. The molecule has 29 heavy (non-hydrogen) atoms. The predicted octanol–water partition coefficient (Wildman–Crippen LogP) is 3.57. The molecule has 0 aliphatic carbocycles. The smallest absolute Gasteiger partial charge is 0.257 e. The predicted molar refractivity (Wildman–Crippen MR) is 113 cm³/mol. The molecule has 0 N–H and O–H groups in total. The van der Waals surface area contributed by atoms with Gasteiger partial charge in [-0.15, -0.1) is 0 Å². The summed E-state index contributed by atoms with van der Waals surface area (Å²) >= 11 is 1.56. The Balaban J connectivity index is 1.33. The molecule has 0 bridgehead atoms. The van der Waals surface area contributed by atoms with Crippen LogP contribution in [0.1, 0.15) is 43.0 Å². The van der Waals surface area contributed by atoms with Gasteiger partial charge in [0.2, 0.25) is 0 Å². The van der Waals surface area contributed by atoms with Crippen LogP contribution in [0.5, 0.6) is 0 Å². The largest absolute Gasteiger partial charge is 0.356 e. The van der Waals surface area contributed by atoms with Gasteiger partial charge in [-0.1, -0.05) is 42.1 Å². The molecule has 1 aromatic carbocycles. The molecule has 3 saturated heterocycles. The lowest BCUT2D eigenvalue weighted by Crippen LogP contribution is -2.50. The van der Waals surface area contributed by atoms with E-state index in [2.05, 4.69) is 27.0 Å². The standard InChI is InChI=1S/C22H26N4O2S/c1-15-14-18(24-21(23-15)29-2)25-12-10-22(11-13-25)20(27)26-17(8-9-19(26)28-22)16-6-4-3-5-7-16/h3-7,14,17,19H,8-13H2,1-2H3. The summed E-state index contributed by atoms with van der Waals surface area (Å²) in [6, 6.07) is 12.5. The molecule has 1 spiro atoms. The third kappa shape index (κ3) is 3.20. The minimum atomic E-state index is -0.668. The Morgan fingerprint density at radius 1 is 1.14 bits per heavy atom. The number of hydrogen-bond acceptors (Lipinski definition) is 6. The lowest BCUT2D eigenvalue weighted by molar-refractivity contribution is -0.140. The van der Waals surface area contributed by atoms with Crippen LogP contribution in [0.4, 0.5) is 5.82 Å². The summed E-state index contributed by atoms with van der Waals surface area (Å²) in [5.41, 5.74) is 1.51. The number of carbonyl (C=O) groups excluding carboxylic acids is 1. The summed E-state index contributed by atoms with van der Waals surface area (Å²) in [6.45, 7) is 3.54. The van der Waals surface area contributed by atoms with Gasteiger partial charge in [-0.3, -0.25) is 4.79 Å². The number of amides is 1. The van der Waals surface area contributed by atoms with E-state index in [4.69, 9.17) is 4.74 Å². The third-order valence-corrected chi connectivity index (χ3v) is 6.95. The van der Waals surface area contributed by atoms with E-state index in [0.717, 1.165) is 42.6 Å². The normalized spacial score (nSPS) is 25.7. The Kier molecular flexibility index (Phi) is 4.75. The van der Waals surface area contributed by atoms with Gasteiger partial charge in [0.15, 0.2) is 10.8 Å². The summed E-state index contributed by atoms with van der Waals surface area (Å²) in [5.74, 6) is 1.13. The molecule has 1 aromatic heterocycles. The van der Waals surface area contributed by atoms with E-state index in [1.807, 2.05) is 42.3 Å². The van der Waals surface area contributed by atoms with Crippen molar-refractivity contribution in [3.05, 3.63) is 47.7 Å². The van der Waals surface area contributed by atoms with Crippen LogP contribution in [0.3, 0.4) is 0 Å². The maximum Gasteiger partial charge on any atom is 0.257 e. The van der Waals surface area contributed by atoms with Gasteiger partial charge in [0, 0.05) is 37.7 Å². The zero-order chi connectivity index (χ0) is 20.0. The summed E-state index contributed by atoms with van der Waals surface area (Å²) < 4.78 is 6.44. The van der Waals surface area contributed by atoms with Crippen LogP contribution in [-0.2, 0) is 9.53 Å². The SMILES string of the molecule is CSc1nc(C)cc(N2CCC3(CC2)OC2CCC(c4ccccc4)N2C3=O)n1. The van der Waals surface area contributed by atoms with Gasteiger partial charge >= 0.3 is 0 Å².